The van der Waals surface area contributed by atoms with Crippen LogP contribution in [-0.2, 0) is 4.74 Å². The minimum absolute atomic E-state index is 0.347. The Morgan fingerprint density at radius 1 is 1.50 bits per heavy atom. The molecule has 16 heavy (non-hydrogen) atoms. The van der Waals surface area contributed by atoms with Gasteiger partial charge in [-0.2, -0.15) is 0 Å². The van der Waals surface area contributed by atoms with Crippen LogP contribution in [0.25, 0.3) is 0 Å². The highest BCUT2D eigenvalue weighted by Gasteiger charge is 2.05. The van der Waals surface area contributed by atoms with E-state index in [0.29, 0.717) is 11.4 Å². The molecule has 0 aromatic carbocycles. The molecule has 1 aromatic heterocycles. The summed E-state index contributed by atoms with van der Waals surface area (Å²) in [4.78, 5) is 15.4. The van der Waals surface area contributed by atoms with Crippen LogP contribution in [0.5, 0.6) is 0 Å². The van der Waals surface area contributed by atoms with Crippen LogP contribution in [-0.4, -0.2) is 38.2 Å². The largest absolute Gasteiger partial charge is 0.465 e. The van der Waals surface area contributed by atoms with Gasteiger partial charge in [0.2, 0.25) is 0 Å². The normalized spacial score (nSPS) is 9.88. The van der Waals surface area contributed by atoms with Crippen LogP contribution in [0.4, 0.5) is 5.82 Å². The number of carbonyl (C=O) groups excluding carboxylic acids is 1. The number of methoxy groups -OCH3 is 1. The second-order valence-corrected chi connectivity index (χ2v) is 3.31. The molecule has 1 rings (SSSR count). The van der Waals surface area contributed by atoms with Gasteiger partial charge in [-0.3, -0.25) is 0 Å². The maximum Gasteiger partial charge on any atom is 0.338 e. The van der Waals surface area contributed by atoms with Gasteiger partial charge in [0.15, 0.2) is 0 Å². The van der Waals surface area contributed by atoms with E-state index >= 15 is 0 Å². The molecular formula is C11H17N3O2. The average Bonchev–Trinajstić information content (AvgIpc) is 2.34. The maximum absolute atomic E-state index is 11.3. The third-order valence-corrected chi connectivity index (χ3v) is 2.09. The van der Waals surface area contributed by atoms with Crippen molar-refractivity contribution in [3.8, 4) is 0 Å². The van der Waals surface area contributed by atoms with Crippen molar-refractivity contribution < 1.29 is 9.53 Å². The molecule has 5 nitrogen and oxygen atoms in total. The van der Waals surface area contributed by atoms with E-state index in [1.807, 2.05) is 7.05 Å². The number of rotatable bonds is 6. The molecule has 0 aliphatic heterocycles. The molecule has 0 unspecified atom stereocenters. The van der Waals surface area contributed by atoms with Gasteiger partial charge in [0.25, 0.3) is 0 Å². The van der Waals surface area contributed by atoms with Gasteiger partial charge < -0.3 is 15.4 Å². The number of hydrogen-bond acceptors (Lipinski definition) is 5. The fourth-order valence-electron chi connectivity index (χ4n) is 1.25. The number of carbonyl (C=O) groups is 1. The highest BCUT2D eigenvalue weighted by atomic mass is 16.5. The second-order valence-electron chi connectivity index (χ2n) is 3.31. The molecule has 0 spiro atoms. The van der Waals surface area contributed by atoms with E-state index in [1.165, 1.54) is 7.11 Å². The molecule has 0 bridgehead atoms. The van der Waals surface area contributed by atoms with Gasteiger partial charge in [-0.25, -0.2) is 9.78 Å². The molecule has 0 aliphatic carbocycles. The summed E-state index contributed by atoms with van der Waals surface area (Å²) in [5.74, 6) is 0.347. The van der Waals surface area contributed by atoms with Gasteiger partial charge in [-0.1, -0.05) is 0 Å². The zero-order valence-corrected chi connectivity index (χ0v) is 9.62. The Bertz CT molecular complexity index is 342. The lowest BCUT2D eigenvalue weighted by Crippen LogP contribution is -2.13. The van der Waals surface area contributed by atoms with Crippen LogP contribution >= 0.6 is 0 Å². The van der Waals surface area contributed by atoms with Crippen LogP contribution in [0.1, 0.15) is 16.8 Å². The summed E-state index contributed by atoms with van der Waals surface area (Å²) in [7, 11) is 3.28. The summed E-state index contributed by atoms with van der Waals surface area (Å²) < 4.78 is 4.63. The fraction of sp³-hybridized carbons (Fsp3) is 0.455. The topological polar surface area (TPSA) is 63.2 Å². The summed E-state index contributed by atoms with van der Waals surface area (Å²) in [5, 5.41) is 6.20. The SMILES string of the molecule is CNCCCNc1cc(C(=O)OC)ccn1. The number of ether oxygens (including phenoxy) is 1. The van der Waals surface area contributed by atoms with Crippen LogP contribution < -0.4 is 10.6 Å². The Kier molecular flexibility index (Phi) is 5.28. The van der Waals surface area contributed by atoms with Crippen molar-refractivity contribution in [2.45, 2.75) is 6.42 Å². The third-order valence-electron chi connectivity index (χ3n) is 2.09. The number of hydrogen-bond donors (Lipinski definition) is 2. The molecule has 2 N–H and O–H groups in total. The van der Waals surface area contributed by atoms with E-state index in [2.05, 4.69) is 20.4 Å². The lowest BCUT2D eigenvalue weighted by Gasteiger charge is -2.06. The smallest absolute Gasteiger partial charge is 0.338 e. The minimum atomic E-state index is -0.347. The molecule has 1 aromatic rings. The third kappa shape index (κ3) is 3.86. The maximum atomic E-state index is 11.3. The molecule has 0 fully saturated rings. The standard InChI is InChI=1S/C11H17N3O2/c1-12-5-3-6-13-10-8-9(4-7-14-10)11(15)16-2/h4,7-8,12H,3,5-6H2,1-2H3,(H,13,14). The number of aromatic nitrogens is 1. The zero-order valence-electron chi connectivity index (χ0n) is 9.62. The lowest BCUT2D eigenvalue weighted by atomic mass is 10.2. The highest BCUT2D eigenvalue weighted by molar-refractivity contribution is 5.89. The Morgan fingerprint density at radius 3 is 3.00 bits per heavy atom. The quantitative estimate of drug-likeness (QED) is 0.554. The Balaban J connectivity index is 2.50. The fourth-order valence-corrected chi connectivity index (χ4v) is 1.25. The molecule has 0 amide bonds. The first-order valence-electron chi connectivity index (χ1n) is 5.20. The average molecular weight is 223 g/mol. The van der Waals surface area contributed by atoms with Gasteiger partial charge in [-0.05, 0) is 32.1 Å². The van der Waals surface area contributed by atoms with Crippen molar-refractivity contribution in [3.05, 3.63) is 23.9 Å². The van der Waals surface area contributed by atoms with E-state index in [4.69, 9.17) is 0 Å². The minimum Gasteiger partial charge on any atom is -0.465 e. The van der Waals surface area contributed by atoms with E-state index in [1.54, 1.807) is 18.3 Å². The number of pyridine rings is 1. The van der Waals surface area contributed by atoms with Gasteiger partial charge in [0.05, 0.1) is 12.7 Å². The van der Waals surface area contributed by atoms with Crippen LogP contribution in [0.3, 0.4) is 0 Å². The van der Waals surface area contributed by atoms with Gasteiger partial charge in [-0.15, -0.1) is 0 Å². The first-order chi connectivity index (χ1) is 7.77. The van der Waals surface area contributed by atoms with E-state index in [-0.39, 0.29) is 5.97 Å². The summed E-state index contributed by atoms with van der Waals surface area (Å²) in [6.07, 6.45) is 2.59. The van der Waals surface area contributed by atoms with Gasteiger partial charge in [0, 0.05) is 12.7 Å². The van der Waals surface area contributed by atoms with Crippen molar-refractivity contribution in [1.29, 1.82) is 0 Å². The van der Waals surface area contributed by atoms with Crippen molar-refractivity contribution in [2.75, 3.05) is 32.6 Å². The lowest BCUT2D eigenvalue weighted by molar-refractivity contribution is 0.0600. The Morgan fingerprint density at radius 2 is 2.31 bits per heavy atom. The molecule has 0 saturated heterocycles. The number of nitrogens with one attached hydrogen (secondary N) is 2. The molecule has 88 valence electrons. The summed E-state index contributed by atoms with van der Waals surface area (Å²) >= 11 is 0. The van der Waals surface area contributed by atoms with E-state index in [9.17, 15) is 4.79 Å². The first-order valence-corrected chi connectivity index (χ1v) is 5.20. The molecule has 1 heterocycles. The van der Waals surface area contributed by atoms with Crippen LogP contribution in [0, 0.1) is 0 Å². The molecule has 0 radical (unpaired) electrons. The summed E-state index contributed by atoms with van der Waals surface area (Å²) in [6.45, 7) is 1.77. The summed E-state index contributed by atoms with van der Waals surface area (Å²) in [6, 6.07) is 3.32. The molecule has 0 aliphatic rings. The molecule has 0 atom stereocenters. The number of anilines is 1. The molecule has 5 heteroatoms. The van der Waals surface area contributed by atoms with E-state index < -0.39 is 0 Å². The van der Waals surface area contributed by atoms with Crippen LogP contribution in [0.2, 0.25) is 0 Å². The predicted molar refractivity (Wildman–Crippen MR) is 62.6 cm³/mol. The monoisotopic (exact) mass is 223 g/mol. The molecule has 0 saturated carbocycles. The predicted octanol–water partition coefficient (Wildman–Crippen LogP) is 0.890. The van der Waals surface area contributed by atoms with Crippen LogP contribution in [0.15, 0.2) is 18.3 Å². The second kappa shape index (κ2) is 6.79. The number of nitrogens with zero attached hydrogens (tertiary/aromatic N) is 1. The van der Waals surface area contributed by atoms with Crippen molar-refractivity contribution in [1.82, 2.24) is 10.3 Å². The van der Waals surface area contributed by atoms with Crippen molar-refractivity contribution in [2.24, 2.45) is 0 Å². The van der Waals surface area contributed by atoms with Gasteiger partial charge >= 0.3 is 5.97 Å². The summed E-state index contributed by atoms with van der Waals surface area (Å²) in [5.41, 5.74) is 0.508. The van der Waals surface area contributed by atoms with Crippen molar-refractivity contribution >= 4 is 11.8 Å². The van der Waals surface area contributed by atoms with E-state index in [0.717, 1.165) is 19.5 Å². The zero-order chi connectivity index (χ0) is 11.8. The highest BCUT2D eigenvalue weighted by Crippen LogP contribution is 2.07. The van der Waals surface area contributed by atoms with Gasteiger partial charge in [0.1, 0.15) is 5.82 Å². The van der Waals surface area contributed by atoms with Crippen molar-refractivity contribution in [3.63, 3.8) is 0 Å². The molecular weight excluding hydrogens is 206 g/mol. The number of esters is 1. The first kappa shape index (κ1) is 12.4. The Labute approximate surface area is 95.2 Å². The Hall–Kier alpha value is -1.62.